The van der Waals surface area contributed by atoms with E-state index in [1.54, 1.807) is 6.20 Å². The number of hydrogen-bond donors (Lipinski definition) is 1. The van der Waals surface area contributed by atoms with E-state index in [1.807, 2.05) is 19.1 Å². The molecule has 3 atom stereocenters. The smallest absolute Gasteiger partial charge is 0.323 e. The zero-order chi connectivity index (χ0) is 14.7. The SMILES string of the molecule is CC1CC(N2CCOC(CNc3cccnn3)C2)C(=O)O1. The maximum Gasteiger partial charge on any atom is 0.323 e. The van der Waals surface area contributed by atoms with Crippen molar-refractivity contribution in [1.82, 2.24) is 15.1 Å². The molecule has 1 aromatic rings. The van der Waals surface area contributed by atoms with Crippen molar-refractivity contribution in [2.24, 2.45) is 0 Å². The summed E-state index contributed by atoms with van der Waals surface area (Å²) in [6.45, 7) is 4.71. The molecule has 0 aliphatic carbocycles. The van der Waals surface area contributed by atoms with Crippen molar-refractivity contribution in [3.63, 3.8) is 0 Å². The van der Waals surface area contributed by atoms with E-state index < -0.39 is 0 Å². The maximum atomic E-state index is 11.8. The predicted molar refractivity (Wildman–Crippen MR) is 75.8 cm³/mol. The van der Waals surface area contributed by atoms with Gasteiger partial charge in [0.2, 0.25) is 0 Å². The van der Waals surface area contributed by atoms with Crippen molar-refractivity contribution in [2.75, 3.05) is 31.6 Å². The average molecular weight is 292 g/mol. The van der Waals surface area contributed by atoms with Crippen molar-refractivity contribution in [1.29, 1.82) is 0 Å². The van der Waals surface area contributed by atoms with Crippen LogP contribution in [0.3, 0.4) is 0 Å². The Labute approximate surface area is 123 Å². The summed E-state index contributed by atoms with van der Waals surface area (Å²) in [5.41, 5.74) is 0. The van der Waals surface area contributed by atoms with Gasteiger partial charge >= 0.3 is 5.97 Å². The average Bonchev–Trinajstić information content (AvgIpc) is 2.85. The molecule has 114 valence electrons. The van der Waals surface area contributed by atoms with Gasteiger partial charge in [-0.1, -0.05) is 0 Å². The quantitative estimate of drug-likeness (QED) is 0.799. The number of ether oxygens (including phenoxy) is 2. The Morgan fingerprint density at radius 1 is 1.52 bits per heavy atom. The van der Waals surface area contributed by atoms with Crippen LogP contribution in [0.25, 0.3) is 0 Å². The fourth-order valence-corrected chi connectivity index (χ4v) is 2.80. The van der Waals surface area contributed by atoms with E-state index in [-0.39, 0.29) is 24.2 Å². The van der Waals surface area contributed by atoms with Gasteiger partial charge in [-0.2, -0.15) is 5.10 Å². The second-order valence-electron chi connectivity index (χ2n) is 5.48. The van der Waals surface area contributed by atoms with Crippen molar-refractivity contribution in [3.8, 4) is 0 Å². The normalized spacial score (nSPS) is 30.1. The largest absolute Gasteiger partial charge is 0.461 e. The van der Waals surface area contributed by atoms with Crippen LogP contribution in [0.1, 0.15) is 13.3 Å². The van der Waals surface area contributed by atoms with E-state index in [1.165, 1.54) is 0 Å². The minimum absolute atomic E-state index is 0.0153. The molecule has 2 fully saturated rings. The Morgan fingerprint density at radius 2 is 2.43 bits per heavy atom. The zero-order valence-electron chi connectivity index (χ0n) is 12.1. The molecule has 2 aliphatic heterocycles. The number of hydrogen-bond acceptors (Lipinski definition) is 7. The van der Waals surface area contributed by atoms with Crippen molar-refractivity contribution in [2.45, 2.75) is 31.6 Å². The topological polar surface area (TPSA) is 76.6 Å². The molecule has 0 spiro atoms. The second-order valence-corrected chi connectivity index (χ2v) is 5.48. The first kappa shape index (κ1) is 14.2. The zero-order valence-corrected chi connectivity index (χ0v) is 12.1. The number of nitrogens with one attached hydrogen (secondary N) is 1. The minimum atomic E-state index is -0.122. The maximum absolute atomic E-state index is 11.8. The van der Waals surface area contributed by atoms with Crippen LogP contribution >= 0.6 is 0 Å². The Hall–Kier alpha value is -1.73. The Bertz CT molecular complexity index is 484. The minimum Gasteiger partial charge on any atom is -0.461 e. The third-order valence-corrected chi connectivity index (χ3v) is 3.84. The summed E-state index contributed by atoms with van der Waals surface area (Å²) < 4.78 is 11.0. The molecule has 3 rings (SSSR count). The molecule has 3 unspecified atom stereocenters. The van der Waals surface area contributed by atoms with Crippen LogP contribution < -0.4 is 5.32 Å². The fourth-order valence-electron chi connectivity index (χ4n) is 2.80. The van der Waals surface area contributed by atoms with Crippen molar-refractivity contribution in [3.05, 3.63) is 18.3 Å². The molecular formula is C14H20N4O3. The van der Waals surface area contributed by atoms with E-state index in [2.05, 4.69) is 20.4 Å². The molecule has 1 aromatic heterocycles. The third-order valence-electron chi connectivity index (χ3n) is 3.84. The molecule has 2 aliphatic rings. The van der Waals surface area contributed by atoms with Crippen LogP contribution in [0.15, 0.2) is 18.3 Å². The van der Waals surface area contributed by atoms with Gasteiger partial charge in [0.1, 0.15) is 18.0 Å². The third kappa shape index (κ3) is 3.48. The van der Waals surface area contributed by atoms with E-state index in [0.717, 1.165) is 25.3 Å². The van der Waals surface area contributed by atoms with E-state index in [9.17, 15) is 4.79 Å². The molecule has 7 nitrogen and oxygen atoms in total. The summed E-state index contributed by atoms with van der Waals surface area (Å²) >= 11 is 0. The molecule has 0 bridgehead atoms. The molecule has 1 N–H and O–H groups in total. The number of morpholine rings is 1. The van der Waals surface area contributed by atoms with Gasteiger partial charge in [-0.3, -0.25) is 9.69 Å². The number of nitrogens with zero attached hydrogens (tertiary/aromatic N) is 3. The molecule has 3 heterocycles. The van der Waals surface area contributed by atoms with Gasteiger partial charge in [-0.15, -0.1) is 5.10 Å². The second kappa shape index (κ2) is 6.36. The van der Waals surface area contributed by atoms with E-state index in [4.69, 9.17) is 9.47 Å². The van der Waals surface area contributed by atoms with Gasteiger partial charge in [0.15, 0.2) is 0 Å². The van der Waals surface area contributed by atoms with Crippen molar-refractivity contribution < 1.29 is 14.3 Å². The lowest BCUT2D eigenvalue weighted by atomic mass is 10.1. The first-order valence-corrected chi connectivity index (χ1v) is 7.30. The summed E-state index contributed by atoms with van der Waals surface area (Å²) in [5, 5.41) is 11.0. The summed E-state index contributed by atoms with van der Waals surface area (Å²) in [7, 11) is 0. The van der Waals surface area contributed by atoms with Crippen LogP contribution in [0.5, 0.6) is 0 Å². The molecule has 0 saturated carbocycles. The monoisotopic (exact) mass is 292 g/mol. The summed E-state index contributed by atoms with van der Waals surface area (Å²) in [6.07, 6.45) is 2.45. The van der Waals surface area contributed by atoms with Gasteiger partial charge in [0.05, 0.1) is 12.7 Å². The first-order chi connectivity index (χ1) is 10.2. The number of aromatic nitrogens is 2. The van der Waals surface area contributed by atoms with Crippen LogP contribution in [0, 0.1) is 0 Å². The van der Waals surface area contributed by atoms with E-state index in [0.29, 0.717) is 13.2 Å². The van der Waals surface area contributed by atoms with Gasteiger partial charge < -0.3 is 14.8 Å². The van der Waals surface area contributed by atoms with E-state index >= 15 is 0 Å². The molecule has 21 heavy (non-hydrogen) atoms. The van der Waals surface area contributed by atoms with Crippen LogP contribution in [0.4, 0.5) is 5.82 Å². The highest BCUT2D eigenvalue weighted by Gasteiger charge is 2.38. The molecule has 0 amide bonds. The molecule has 0 radical (unpaired) electrons. The molecule has 0 aromatic carbocycles. The number of carbonyl (C=O) groups is 1. The molecule has 7 heteroatoms. The summed E-state index contributed by atoms with van der Waals surface area (Å²) in [6, 6.07) is 3.58. The fraction of sp³-hybridized carbons (Fsp3) is 0.643. The standard InChI is InChI=1S/C14H20N4O3/c1-10-7-12(14(19)21-10)18-5-6-20-11(9-18)8-15-13-3-2-4-16-17-13/h2-4,10-12H,5-9H2,1H3,(H,15,17). The highest BCUT2D eigenvalue weighted by Crippen LogP contribution is 2.22. The number of anilines is 1. The Balaban J connectivity index is 1.52. The highest BCUT2D eigenvalue weighted by atomic mass is 16.6. The van der Waals surface area contributed by atoms with Crippen molar-refractivity contribution >= 4 is 11.8 Å². The lowest BCUT2D eigenvalue weighted by molar-refractivity contribution is -0.146. The van der Waals surface area contributed by atoms with Gasteiger partial charge in [0, 0.05) is 32.3 Å². The van der Waals surface area contributed by atoms with Gasteiger partial charge in [-0.05, 0) is 19.1 Å². The van der Waals surface area contributed by atoms with Crippen LogP contribution in [0.2, 0.25) is 0 Å². The first-order valence-electron chi connectivity index (χ1n) is 7.30. The molecule has 2 saturated heterocycles. The van der Waals surface area contributed by atoms with Crippen LogP contribution in [-0.4, -0.2) is 65.6 Å². The highest BCUT2D eigenvalue weighted by molar-refractivity contribution is 5.78. The number of rotatable bonds is 4. The number of esters is 1. The summed E-state index contributed by atoms with van der Waals surface area (Å²) in [4.78, 5) is 14.0. The van der Waals surface area contributed by atoms with Gasteiger partial charge in [0.25, 0.3) is 0 Å². The van der Waals surface area contributed by atoms with Crippen LogP contribution in [-0.2, 0) is 14.3 Å². The lowest BCUT2D eigenvalue weighted by Crippen LogP contribution is -2.51. The Morgan fingerprint density at radius 3 is 3.14 bits per heavy atom. The number of carbonyl (C=O) groups excluding carboxylic acids is 1. The Kier molecular flexibility index (Phi) is 4.31. The number of cyclic esters (lactones) is 1. The van der Waals surface area contributed by atoms with Gasteiger partial charge in [-0.25, -0.2) is 0 Å². The molecular weight excluding hydrogens is 272 g/mol. The lowest BCUT2D eigenvalue weighted by Gasteiger charge is -2.35. The predicted octanol–water partition coefficient (Wildman–Crippen LogP) is 0.293. The summed E-state index contributed by atoms with van der Waals surface area (Å²) in [5.74, 6) is 0.622.